The number of carbonyl (C=O) groups is 1. The van der Waals surface area contributed by atoms with Crippen LogP contribution in [0.1, 0.15) is 29.3 Å². The van der Waals surface area contributed by atoms with E-state index in [1.165, 1.54) is 12.1 Å². The second kappa shape index (κ2) is 9.28. The van der Waals surface area contributed by atoms with Gasteiger partial charge in [0.15, 0.2) is 0 Å². The van der Waals surface area contributed by atoms with Crippen molar-refractivity contribution in [1.29, 1.82) is 0 Å². The maximum atomic E-state index is 12.7. The van der Waals surface area contributed by atoms with Gasteiger partial charge in [-0.3, -0.25) is 4.79 Å². The van der Waals surface area contributed by atoms with Crippen molar-refractivity contribution in [3.63, 3.8) is 0 Å². The molecule has 1 heterocycles. The van der Waals surface area contributed by atoms with E-state index in [1.807, 2.05) is 6.92 Å². The largest absolute Gasteiger partial charge is 0.382 e. The third-order valence-corrected chi connectivity index (χ3v) is 5.47. The molecular formula is C17H26N2O5S. The van der Waals surface area contributed by atoms with Gasteiger partial charge in [0, 0.05) is 38.4 Å². The van der Waals surface area contributed by atoms with Crippen molar-refractivity contribution in [2.75, 3.05) is 46.1 Å². The molecule has 2 rings (SSSR count). The molecule has 1 aromatic carbocycles. The lowest BCUT2D eigenvalue weighted by Crippen LogP contribution is -2.41. The van der Waals surface area contributed by atoms with Crippen LogP contribution in [0.2, 0.25) is 0 Å². The summed E-state index contributed by atoms with van der Waals surface area (Å²) in [5.41, 5.74) is 1.17. The Balaban J connectivity index is 2.10. The molecular weight excluding hydrogens is 344 g/mol. The van der Waals surface area contributed by atoms with Crippen molar-refractivity contribution < 1.29 is 22.7 Å². The summed E-state index contributed by atoms with van der Waals surface area (Å²) in [6.45, 7) is 7.15. The van der Waals surface area contributed by atoms with Crippen LogP contribution >= 0.6 is 0 Å². The summed E-state index contributed by atoms with van der Waals surface area (Å²) in [6, 6.07) is 4.65. The van der Waals surface area contributed by atoms with Crippen molar-refractivity contribution in [3.05, 3.63) is 29.3 Å². The predicted molar refractivity (Wildman–Crippen MR) is 94.2 cm³/mol. The van der Waals surface area contributed by atoms with E-state index in [-0.39, 0.29) is 10.8 Å². The Morgan fingerprint density at radius 3 is 2.72 bits per heavy atom. The van der Waals surface area contributed by atoms with E-state index < -0.39 is 10.0 Å². The highest BCUT2D eigenvalue weighted by molar-refractivity contribution is 7.89. The van der Waals surface area contributed by atoms with Gasteiger partial charge < -0.3 is 14.4 Å². The zero-order chi connectivity index (χ0) is 18.3. The fraction of sp³-hybridized carbons (Fsp3) is 0.588. The molecule has 7 nitrogen and oxygen atoms in total. The average molecular weight is 370 g/mol. The molecule has 1 fully saturated rings. The zero-order valence-electron chi connectivity index (χ0n) is 14.8. The van der Waals surface area contributed by atoms with Gasteiger partial charge in [-0.15, -0.1) is 0 Å². The molecule has 1 N–H and O–H groups in total. The minimum Gasteiger partial charge on any atom is -0.382 e. The van der Waals surface area contributed by atoms with E-state index in [0.717, 1.165) is 5.56 Å². The first-order valence-electron chi connectivity index (χ1n) is 8.51. The molecule has 1 amide bonds. The molecule has 25 heavy (non-hydrogen) atoms. The highest BCUT2D eigenvalue weighted by atomic mass is 32.2. The van der Waals surface area contributed by atoms with Crippen LogP contribution in [0.3, 0.4) is 0 Å². The van der Waals surface area contributed by atoms with Gasteiger partial charge in [-0.1, -0.05) is 6.07 Å². The Hall–Kier alpha value is -1.48. The summed E-state index contributed by atoms with van der Waals surface area (Å²) >= 11 is 0. The molecule has 1 aliphatic heterocycles. The molecule has 1 aromatic rings. The van der Waals surface area contributed by atoms with E-state index >= 15 is 0 Å². The van der Waals surface area contributed by atoms with Gasteiger partial charge in [0.25, 0.3) is 5.91 Å². The molecule has 0 spiro atoms. The quantitative estimate of drug-likeness (QED) is 0.695. The molecule has 1 aliphatic rings. The summed E-state index contributed by atoms with van der Waals surface area (Å²) < 4.78 is 37.9. The molecule has 1 saturated heterocycles. The first-order valence-corrected chi connectivity index (χ1v) is 9.99. The lowest BCUT2D eigenvalue weighted by molar-refractivity contribution is 0.0302. The monoisotopic (exact) mass is 370 g/mol. The van der Waals surface area contributed by atoms with Crippen LogP contribution in [0.4, 0.5) is 0 Å². The molecule has 140 valence electrons. The highest BCUT2D eigenvalue weighted by Gasteiger charge is 2.22. The summed E-state index contributed by atoms with van der Waals surface area (Å²) in [7, 11) is -3.65. The summed E-state index contributed by atoms with van der Waals surface area (Å²) in [5.74, 6) is -0.158. The molecule has 8 heteroatoms. The molecule has 0 unspecified atom stereocenters. The van der Waals surface area contributed by atoms with Crippen molar-refractivity contribution in [2.24, 2.45) is 0 Å². The van der Waals surface area contributed by atoms with Crippen LogP contribution in [-0.4, -0.2) is 65.3 Å². The van der Waals surface area contributed by atoms with E-state index in [1.54, 1.807) is 17.9 Å². The van der Waals surface area contributed by atoms with Gasteiger partial charge in [0.2, 0.25) is 10.0 Å². The van der Waals surface area contributed by atoms with Gasteiger partial charge in [0.05, 0.1) is 18.1 Å². The first-order chi connectivity index (χ1) is 12.0. The molecule has 0 radical (unpaired) electrons. The molecule has 0 aromatic heterocycles. The van der Waals surface area contributed by atoms with Crippen LogP contribution in [0.25, 0.3) is 0 Å². The smallest absolute Gasteiger partial charge is 0.254 e. The topological polar surface area (TPSA) is 84.9 Å². The van der Waals surface area contributed by atoms with Crippen LogP contribution in [-0.2, 0) is 19.5 Å². The minimum atomic E-state index is -3.65. The maximum Gasteiger partial charge on any atom is 0.254 e. The highest BCUT2D eigenvalue weighted by Crippen LogP contribution is 2.18. The number of nitrogens with one attached hydrogen (secondary N) is 1. The Bertz CT molecular complexity index is 684. The normalized spacial score (nSPS) is 15.4. The lowest BCUT2D eigenvalue weighted by atomic mass is 10.1. The molecule has 0 bridgehead atoms. The van der Waals surface area contributed by atoms with Crippen LogP contribution in [0, 0.1) is 6.92 Å². The van der Waals surface area contributed by atoms with E-state index in [4.69, 9.17) is 9.47 Å². The first kappa shape index (κ1) is 19.8. The Labute approximate surface area is 149 Å². The number of hydrogen-bond donors (Lipinski definition) is 1. The number of morpholine rings is 1. The predicted octanol–water partition coefficient (Wildman–Crippen LogP) is 1.17. The van der Waals surface area contributed by atoms with Gasteiger partial charge in [-0.2, -0.15) is 0 Å². The average Bonchev–Trinajstić information content (AvgIpc) is 2.62. The number of hydrogen-bond acceptors (Lipinski definition) is 5. The fourth-order valence-corrected chi connectivity index (χ4v) is 3.64. The van der Waals surface area contributed by atoms with Crippen molar-refractivity contribution >= 4 is 15.9 Å². The van der Waals surface area contributed by atoms with Crippen LogP contribution in [0.15, 0.2) is 23.1 Å². The second-order valence-electron chi connectivity index (χ2n) is 5.83. The zero-order valence-corrected chi connectivity index (χ0v) is 15.6. The fourth-order valence-electron chi connectivity index (χ4n) is 2.54. The minimum absolute atomic E-state index is 0.103. The van der Waals surface area contributed by atoms with Crippen molar-refractivity contribution in [2.45, 2.75) is 25.2 Å². The van der Waals surface area contributed by atoms with Gasteiger partial charge >= 0.3 is 0 Å². The number of carbonyl (C=O) groups excluding carboxylic acids is 1. The summed E-state index contributed by atoms with van der Waals surface area (Å²) in [6.07, 6.45) is 0.596. The van der Waals surface area contributed by atoms with Crippen LogP contribution in [0.5, 0.6) is 0 Å². The third-order valence-electron chi connectivity index (χ3n) is 4.01. The maximum absolute atomic E-state index is 12.7. The Morgan fingerprint density at radius 2 is 2.04 bits per heavy atom. The Kier molecular flexibility index (Phi) is 7.37. The van der Waals surface area contributed by atoms with Crippen molar-refractivity contribution in [1.82, 2.24) is 9.62 Å². The number of benzene rings is 1. The molecule has 0 atom stereocenters. The van der Waals surface area contributed by atoms with Crippen LogP contribution < -0.4 is 4.72 Å². The summed E-state index contributed by atoms with van der Waals surface area (Å²) in [5, 5.41) is 0. The number of nitrogens with zero attached hydrogens (tertiary/aromatic N) is 1. The molecule has 0 saturated carbocycles. The van der Waals surface area contributed by atoms with Gasteiger partial charge in [0.1, 0.15) is 0 Å². The summed E-state index contributed by atoms with van der Waals surface area (Å²) in [4.78, 5) is 14.5. The number of rotatable bonds is 8. The third kappa shape index (κ3) is 5.50. The van der Waals surface area contributed by atoms with Crippen molar-refractivity contribution in [3.8, 4) is 0 Å². The Morgan fingerprint density at radius 1 is 1.32 bits per heavy atom. The number of ether oxygens (including phenoxy) is 2. The van der Waals surface area contributed by atoms with E-state index in [2.05, 4.69) is 4.72 Å². The standard InChI is InChI=1S/C17H26N2O5S/c1-3-23-10-4-7-18-25(21,22)15-6-5-14(2)16(13-15)17(20)19-8-11-24-12-9-19/h5-6,13,18H,3-4,7-12H2,1-2H3. The lowest BCUT2D eigenvalue weighted by Gasteiger charge is -2.27. The van der Waals surface area contributed by atoms with E-state index in [9.17, 15) is 13.2 Å². The second-order valence-corrected chi connectivity index (χ2v) is 7.60. The van der Waals surface area contributed by atoms with Gasteiger partial charge in [-0.25, -0.2) is 13.1 Å². The number of aryl methyl sites for hydroxylation is 1. The van der Waals surface area contributed by atoms with Gasteiger partial charge in [-0.05, 0) is 38.0 Å². The molecule has 0 aliphatic carbocycles. The number of sulfonamides is 1. The SMILES string of the molecule is CCOCCCNS(=O)(=O)c1ccc(C)c(C(=O)N2CCOCC2)c1. The number of amides is 1. The van der Waals surface area contributed by atoms with E-state index in [0.29, 0.717) is 58.0 Å².